The summed E-state index contributed by atoms with van der Waals surface area (Å²) in [5, 5.41) is 3.24. The Labute approximate surface area is 105 Å². The number of amides is 1. The summed E-state index contributed by atoms with van der Waals surface area (Å²) >= 11 is 0. The van der Waals surface area contributed by atoms with Gasteiger partial charge in [-0.1, -0.05) is 20.3 Å². The molecule has 0 aliphatic heterocycles. The first-order valence-corrected chi connectivity index (χ1v) is 7.14. The first kappa shape index (κ1) is 12.9. The van der Waals surface area contributed by atoms with Crippen molar-refractivity contribution >= 4 is 5.91 Å². The smallest absolute Gasteiger partial charge is 0.223 e. The van der Waals surface area contributed by atoms with Crippen LogP contribution in [0.25, 0.3) is 0 Å². The Bertz CT molecular complexity index is 279. The van der Waals surface area contributed by atoms with Crippen molar-refractivity contribution in [1.29, 1.82) is 0 Å². The molecule has 3 N–H and O–H groups in total. The van der Waals surface area contributed by atoms with E-state index in [0.717, 1.165) is 25.7 Å². The molecule has 5 atom stereocenters. The molecule has 0 saturated heterocycles. The minimum Gasteiger partial charge on any atom is -0.353 e. The van der Waals surface area contributed by atoms with Crippen LogP contribution in [-0.4, -0.2) is 18.0 Å². The van der Waals surface area contributed by atoms with Crippen molar-refractivity contribution in [2.45, 2.75) is 64.5 Å². The third-order valence-electron chi connectivity index (χ3n) is 4.82. The summed E-state index contributed by atoms with van der Waals surface area (Å²) in [6.45, 7) is 4.43. The third-order valence-corrected chi connectivity index (χ3v) is 4.82. The van der Waals surface area contributed by atoms with Crippen LogP contribution < -0.4 is 11.1 Å². The Kier molecular flexibility index (Phi) is 4.08. The van der Waals surface area contributed by atoms with E-state index in [-0.39, 0.29) is 17.9 Å². The zero-order valence-electron chi connectivity index (χ0n) is 11.1. The van der Waals surface area contributed by atoms with E-state index in [1.807, 2.05) is 0 Å². The molecule has 2 aliphatic rings. The van der Waals surface area contributed by atoms with Crippen LogP contribution in [0.3, 0.4) is 0 Å². The normalized spacial score (nSPS) is 42.4. The highest BCUT2D eigenvalue weighted by Crippen LogP contribution is 2.29. The van der Waals surface area contributed by atoms with Gasteiger partial charge in [-0.15, -0.1) is 0 Å². The lowest BCUT2D eigenvalue weighted by Crippen LogP contribution is -2.45. The summed E-state index contributed by atoms with van der Waals surface area (Å²) in [4.78, 5) is 12.2. The van der Waals surface area contributed by atoms with Gasteiger partial charge >= 0.3 is 0 Å². The van der Waals surface area contributed by atoms with E-state index in [2.05, 4.69) is 19.2 Å². The fourth-order valence-corrected chi connectivity index (χ4v) is 3.26. The van der Waals surface area contributed by atoms with Gasteiger partial charge in [0.2, 0.25) is 5.91 Å². The molecule has 0 spiro atoms. The molecule has 0 heterocycles. The maximum absolute atomic E-state index is 12.2. The molecule has 0 bridgehead atoms. The van der Waals surface area contributed by atoms with Crippen molar-refractivity contribution in [3.63, 3.8) is 0 Å². The maximum atomic E-state index is 12.2. The van der Waals surface area contributed by atoms with E-state index in [1.54, 1.807) is 0 Å². The van der Waals surface area contributed by atoms with Crippen LogP contribution in [-0.2, 0) is 4.79 Å². The Morgan fingerprint density at radius 3 is 2.47 bits per heavy atom. The minimum absolute atomic E-state index is 0.161. The molecule has 0 aromatic carbocycles. The van der Waals surface area contributed by atoms with Crippen molar-refractivity contribution in [2.24, 2.45) is 23.5 Å². The summed E-state index contributed by atoms with van der Waals surface area (Å²) in [7, 11) is 0. The van der Waals surface area contributed by atoms with Crippen LogP contribution in [0, 0.1) is 17.8 Å². The second-order valence-corrected chi connectivity index (χ2v) is 6.17. The van der Waals surface area contributed by atoms with Gasteiger partial charge in [0.15, 0.2) is 0 Å². The second-order valence-electron chi connectivity index (χ2n) is 6.17. The summed E-state index contributed by atoms with van der Waals surface area (Å²) in [5.74, 6) is 1.64. The molecule has 0 aromatic heterocycles. The molecule has 2 aliphatic carbocycles. The van der Waals surface area contributed by atoms with Gasteiger partial charge in [-0.05, 0) is 43.9 Å². The topological polar surface area (TPSA) is 55.1 Å². The number of nitrogens with two attached hydrogens (primary N) is 1. The quantitative estimate of drug-likeness (QED) is 0.773. The monoisotopic (exact) mass is 238 g/mol. The van der Waals surface area contributed by atoms with Gasteiger partial charge in [0.05, 0.1) is 0 Å². The van der Waals surface area contributed by atoms with E-state index >= 15 is 0 Å². The third kappa shape index (κ3) is 3.01. The second kappa shape index (κ2) is 5.38. The molecule has 0 aromatic rings. The molecular weight excluding hydrogens is 212 g/mol. The van der Waals surface area contributed by atoms with Crippen LogP contribution in [0.5, 0.6) is 0 Å². The lowest BCUT2D eigenvalue weighted by atomic mass is 9.79. The zero-order chi connectivity index (χ0) is 12.4. The average molecular weight is 238 g/mol. The van der Waals surface area contributed by atoms with Crippen molar-refractivity contribution < 1.29 is 4.79 Å². The number of nitrogens with one attached hydrogen (secondary N) is 1. The summed E-state index contributed by atoms with van der Waals surface area (Å²) in [6.07, 6.45) is 6.65. The largest absolute Gasteiger partial charge is 0.353 e. The average Bonchev–Trinajstić information content (AvgIpc) is 2.68. The molecule has 98 valence electrons. The molecule has 2 fully saturated rings. The highest BCUT2D eigenvalue weighted by Gasteiger charge is 2.32. The van der Waals surface area contributed by atoms with Crippen LogP contribution in [0.2, 0.25) is 0 Å². The van der Waals surface area contributed by atoms with Crippen molar-refractivity contribution in [3.8, 4) is 0 Å². The molecule has 17 heavy (non-hydrogen) atoms. The number of carbonyl (C=O) groups is 1. The molecule has 2 rings (SSSR count). The Morgan fingerprint density at radius 1 is 1.12 bits per heavy atom. The van der Waals surface area contributed by atoms with E-state index in [4.69, 9.17) is 5.73 Å². The van der Waals surface area contributed by atoms with Crippen molar-refractivity contribution in [3.05, 3.63) is 0 Å². The fraction of sp³-hybridized carbons (Fsp3) is 0.929. The van der Waals surface area contributed by atoms with Gasteiger partial charge in [-0.3, -0.25) is 4.79 Å². The lowest BCUT2D eigenvalue weighted by Gasteiger charge is -2.32. The molecule has 5 unspecified atom stereocenters. The van der Waals surface area contributed by atoms with Gasteiger partial charge in [0, 0.05) is 18.0 Å². The first-order chi connectivity index (χ1) is 8.08. The Hall–Kier alpha value is -0.570. The highest BCUT2D eigenvalue weighted by molar-refractivity contribution is 5.79. The predicted molar refractivity (Wildman–Crippen MR) is 69.4 cm³/mol. The molecular formula is C14H26N2O. The Balaban J connectivity index is 1.83. The van der Waals surface area contributed by atoms with Crippen LogP contribution in [0.4, 0.5) is 0 Å². The van der Waals surface area contributed by atoms with Crippen molar-refractivity contribution in [1.82, 2.24) is 5.32 Å². The van der Waals surface area contributed by atoms with Gasteiger partial charge < -0.3 is 11.1 Å². The first-order valence-electron chi connectivity index (χ1n) is 7.14. The van der Waals surface area contributed by atoms with Crippen molar-refractivity contribution in [2.75, 3.05) is 0 Å². The molecule has 0 radical (unpaired) electrons. The lowest BCUT2D eigenvalue weighted by molar-refractivity contribution is -0.127. The predicted octanol–water partition coefficient (Wildman–Crippen LogP) is 2.05. The van der Waals surface area contributed by atoms with Crippen LogP contribution in [0.1, 0.15) is 52.4 Å². The standard InChI is InChI=1S/C14H26N2O/c1-9-6-7-11(8-12(9)15)14(17)16-13-5-3-4-10(13)2/h9-13H,3-8,15H2,1-2H3,(H,16,17). The van der Waals surface area contributed by atoms with Gasteiger partial charge in [0.1, 0.15) is 0 Å². The van der Waals surface area contributed by atoms with Crippen LogP contribution >= 0.6 is 0 Å². The van der Waals surface area contributed by atoms with Gasteiger partial charge in [-0.2, -0.15) is 0 Å². The minimum atomic E-state index is 0.161. The fourth-order valence-electron chi connectivity index (χ4n) is 3.26. The summed E-state index contributed by atoms with van der Waals surface area (Å²) in [5.41, 5.74) is 6.06. The van der Waals surface area contributed by atoms with Gasteiger partial charge in [-0.25, -0.2) is 0 Å². The van der Waals surface area contributed by atoms with E-state index in [0.29, 0.717) is 17.9 Å². The van der Waals surface area contributed by atoms with E-state index in [1.165, 1.54) is 12.8 Å². The summed E-state index contributed by atoms with van der Waals surface area (Å²) in [6, 6.07) is 0.624. The van der Waals surface area contributed by atoms with E-state index in [9.17, 15) is 4.79 Å². The number of hydrogen-bond donors (Lipinski definition) is 2. The number of hydrogen-bond acceptors (Lipinski definition) is 2. The molecule has 3 nitrogen and oxygen atoms in total. The SMILES string of the molecule is CC1CCC(C(=O)NC2CCCC2C)CC1N. The number of carbonyl (C=O) groups excluding carboxylic acids is 1. The van der Waals surface area contributed by atoms with Crippen LogP contribution in [0.15, 0.2) is 0 Å². The molecule has 3 heteroatoms. The zero-order valence-corrected chi connectivity index (χ0v) is 11.1. The van der Waals surface area contributed by atoms with E-state index < -0.39 is 0 Å². The maximum Gasteiger partial charge on any atom is 0.223 e. The van der Waals surface area contributed by atoms with Gasteiger partial charge in [0.25, 0.3) is 0 Å². The Morgan fingerprint density at radius 2 is 1.88 bits per heavy atom. The highest BCUT2D eigenvalue weighted by atomic mass is 16.1. The molecule has 1 amide bonds. The molecule has 2 saturated carbocycles. The number of rotatable bonds is 2. The summed E-state index contributed by atoms with van der Waals surface area (Å²) < 4.78 is 0.